The Balaban J connectivity index is 1.42. The first-order chi connectivity index (χ1) is 15.5. The molecule has 3 aromatic rings. The molecule has 0 amide bonds. The Morgan fingerprint density at radius 2 is 1.72 bits per heavy atom. The van der Waals surface area contributed by atoms with Gasteiger partial charge in [0.1, 0.15) is 18.0 Å². The summed E-state index contributed by atoms with van der Waals surface area (Å²) in [5, 5.41) is 7.51. The third-order valence-corrected chi connectivity index (χ3v) is 5.42. The number of anilines is 3. The fourth-order valence-corrected chi connectivity index (χ4v) is 3.83. The standard InChI is InChI=1S/C23H28F2N6O/c1-3-32-9-8-29-4-6-30(7-5-29)21-11-17(2)10-20(15-21)27-23-26-16-31(28-23)22-13-18(24)12-19(25)14-22/h10-16H,3-9H2,1-2H3,(H,27,28). The van der Waals surface area contributed by atoms with Gasteiger partial charge < -0.3 is 15.0 Å². The number of nitrogens with one attached hydrogen (secondary N) is 1. The molecule has 4 rings (SSSR count). The van der Waals surface area contributed by atoms with E-state index in [0.29, 0.717) is 5.95 Å². The summed E-state index contributed by atoms with van der Waals surface area (Å²) in [6.45, 7) is 10.5. The van der Waals surface area contributed by atoms with Gasteiger partial charge in [-0.3, -0.25) is 4.90 Å². The summed E-state index contributed by atoms with van der Waals surface area (Å²) in [4.78, 5) is 9.02. The summed E-state index contributed by atoms with van der Waals surface area (Å²) in [5.74, 6) is -0.968. The average Bonchev–Trinajstić information content (AvgIpc) is 3.22. The van der Waals surface area contributed by atoms with E-state index in [0.717, 1.165) is 68.9 Å². The monoisotopic (exact) mass is 442 g/mol. The van der Waals surface area contributed by atoms with Crippen LogP contribution in [0.2, 0.25) is 0 Å². The Kier molecular flexibility index (Phi) is 6.96. The van der Waals surface area contributed by atoms with Crippen LogP contribution in [-0.4, -0.2) is 65.6 Å². The van der Waals surface area contributed by atoms with Crippen LogP contribution in [-0.2, 0) is 4.74 Å². The number of rotatable bonds is 8. The molecule has 0 aliphatic carbocycles. The van der Waals surface area contributed by atoms with Crippen molar-refractivity contribution in [2.75, 3.05) is 56.2 Å². The van der Waals surface area contributed by atoms with E-state index >= 15 is 0 Å². The number of hydrogen-bond acceptors (Lipinski definition) is 6. The Morgan fingerprint density at radius 1 is 0.969 bits per heavy atom. The van der Waals surface area contributed by atoms with Gasteiger partial charge in [-0.1, -0.05) is 0 Å². The maximum Gasteiger partial charge on any atom is 0.246 e. The van der Waals surface area contributed by atoms with Crippen LogP contribution in [0.4, 0.5) is 26.1 Å². The predicted molar refractivity (Wildman–Crippen MR) is 121 cm³/mol. The molecule has 1 saturated heterocycles. The number of aryl methyl sites for hydroxylation is 1. The quantitative estimate of drug-likeness (QED) is 0.536. The molecule has 1 fully saturated rings. The molecular formula is C23H28F2N6O. The highest BCUT2D eigenvalue weighted by Gasteiger charge is 2.18. The van der Waals surface area contributed by atoms with E-state index in [1.807, 2.05) is 13.0 Å². The molecular weight excluding hydrogens is 414 g/mol. The van der Waals surface area contributed by atoms with Crippen LogP contribution in [0.25, 0.3) is 5.69 Å². The van der Waals surface area contributed by atoms with E-state index in [1.54, 1.807) is 0 Å². The number of benzene rings is 2. The molecule has 170 valence electrons. The molecule has 9 heteroatoms. The van der Waals surface area contributed by atoms with Gasteiger partial charge in [0.2, 0.25) is 5.95 Å². The lowest BCUT2D eigenvalue weighted by atomic mass is 10.1. The minimum atomic E-state index is -0.661. The molecule has 2 heterocycles. The Labute approximate surface area is 186 Å². The second-order valence-electron chi connectivity index (χ2n) is 7.85. The topological polar surface area (TPSA) is 58.5 Å². The average molecular weight is 443 g/mol. The molecule has 0 radical (unpaired) electrons. The van der Waals surface area contributed by atoms with Gasteiger partial charge in [0.05, 0.1) is 12.3 Å². The van der Waals surface area contributed by atoms with Crippen LogP contribution < -0.4 is 10.2 Å². The lowest BCUT2D eigenvalue weighted by molar-refractivity contribution is 0.111. The number of aromatic nitrogens is 3. The predicted octanol–water partition coefficient (Wildman–Crippen LogP) is 3.76. The molecule has 2 aromatic carbocycles. The third kappa shape index (κ3) is 5.60. The van der Waals surface area contributed by atoms with Crippen molar-refractivity contribution in [2.45, 2.75) is 13.8 Å². The van der Waals surface area contributed by atoms with Crippen molar-refractivity contribution in [3.63, 3.8) is 0 Å². The second kappa shape index (κ2) is 10.1. The molecule has 0 spiro atoms. The van der Waals surface area contributed by atoms with Crippen molar-refractivity contribution < 1.29 is 13.5 Å². The smallest absolute Gasteiger partial charge is 0.246 e. The number of piperazine rings is 1. The van der Waals surface area contributed by atoms with Crippen LogP contribution in [0, 0.1) is 18.6 Å². The van der Waals surface area contributed by atoms with Gasteiger partial charge >= 0.3 is 0 Å². The van der Waals surface area contributed by atoms with Crippen molar-refractivity contribution in [2.24, 2.45) is 0 Å². The molecule has 1 aliphatic heterocycles. The van der Waals surface area contributed by atoms with Gasteiger partial charge in [-0.05, 0) is 49.7 Å². The molecule has 1 aliphatic rings. The maximum atomic E-state index is 13.5. The maximum absolute atomic E-state index is 13.5. The van der Waals surface area contributed by atoms with Gasteiger partial charge in [-0.25, -0.2) is 13.5 Å². The second-order valence-corrected chi connectivity index (χ2v) is 7.85. The lowest BCUT2D eigenvalue weighted by Gasteiger charge is -2.36. The summed E-state index contributed by atoms with van der Waals surface area (Å²) < 4.78 is 33.8. The van der Waals surface area contributed by atoms with E-state index in [4.69, 9.17) is 4.74 Å². The van der Waals surface area contributed by atoms with Gasteiger partial charge in [-0.2, -0.15) is 4.98 Å². The SMILES string of the molecule is CCOCCN1CCN(c2cc(C)cc(Nc3ncn(-c4cc(F)cc(F)c4)n3)c2)CC1. The summed E-state index contributed by atoms with van der Waals surface area (Å²) >= 11 is 0. The molecule has 0 atom stereocenters. The normalized spacial score (nSPS) is 14.7. The van der Waals surface area contributed by atoms with Crippen molar-refractivity contribution in [3.05, 3.63) is 59.9 Å². The van der Waals surface area contributed by atoms with Gasteiger partial charge in [0.25, 0.3) is 0 Å². The molecule has 0 bridgehead atoms. The highest BCUT2D eigenvalue weighted by molar-refractivity contribution is 5.64. The zero-order valence-corrected chi connectivity index (χ0v) is 18.4. The lowest BCUT2D eigenvalue weighted by Crippen LogP contribution is -2.47. The molecule has 0 unspecified atom stereocenters. The zero-order valence-electron chi connectivity index (χ0n) is 18.4. The highest BCUT2D eigenvalue weighted by atomic mass is 19.1. The summed E-state index contributed by atoms with van der Waals surface area (Å²) in [6.07, 6.45) is 1.43. The first-order valence-corrected chi connectivity index (χ1v) is 10.8. The minimum absolute atomic E-state index is 0.273. The Hall–Kier alpha value is -3.04. The van der Waals surface area contributed by atoms with Gasteiger partial charge in [-0.15, -0.1) is 5.10 Å². The van der Waals surface area contributed by atoms with E-state index < -0.39 is 11.6 Å². The van der Waals surface area contributed by atoms with Crippen LogP contribution >= 0.6 is 0 Å². The minimum Gasteiger partial charge on any atom is -0.380 e. The van der Waals surface area contributed by atoms with Crippen molar-refractivity contribution in [1.29, 1.82) is 0 Å². The molecule has 1 N–H and O–H groups in total. The van der Waals surface area contributed by atoms with E-state index in [9.17, 15) is 8.78 Å². The van der Waals surface area contributed by atoms with Gasteiger partial charge in [0.15, 0.2) is 0 Å². The molecule has 7 nitrogen and oxygen atoms in total. The number of hydrogen-bond donors (Lipinski definition) is 1. The van der Waals surface area contributed by atoms with Crippen molar-refractivity contribution >= 4 is 17.3 Å². The Morgan fingerprint density at radius 3 is 2.44 bits per heavy atom. The fourth-order valence-electron chi connectivity index (χ4n) is 3.83. The zero-order chi connectivity index (χ0) is 22.5. The third-order valence-electron chi connectivity index (χ3n) is 5.42. The van der Waals surface area contributed by atoms with Crippen LogP contribution in [0.3, 0.4) is 0 Å². The molecule has 1 aromatic heterocycles. The number of halogens is 2. The summed E-state index contributed by atoms with van der Waals surface area (Å²) in [7, 11) is 0. The van der Waals surface area contributed by atoms with Crippen LogP contribution in [0.1, 0.15) is 12.5 Å². The first kappa shape index (κ1) is 22.2. The van der Waals surface area contributed by atoms with Crippen molar-refractivity contribution in [1.82, 2.24) is 19.7 Å². The molecule has 0 saturated carbocycles. The number of nitrogens with zero attached hydrogens (tertiary/aromatic N) is 5. The summed E-state index contributed by atoms with van der Waals surface area (Å²) in [6, 6.07) is 9.51. The van der Waals surface area contributed by atoms with E-state index in [2.05, 4.69) is 44.3 Å². The highest BCUT2D eigenvalue weighted by Crippen LogP contribution is 2.25. The van der Waals surface area contributed by atoms with Gasteiger partial charge in [0, 0.05) is 56.8 Å². The Bertz CT molecular complexity index is 1030. The van der Waals surface area contributed by atoms with Crippen LogP contribution in [0.15, 0.2) is 42.7 Å². The first-order valence-electron chi connectivity index (χ1n) is 10.8. The van der Waals surface area contributed by atoms with E-state index in [1.165, 1.54) is 23.1 Å². The molecule has 32 heavy (non-hydrogen) atoms. The van der Waals surface area contributed by atoms with E-state index in [-0.39, 0.29) is 5.69 Å². The number of ether oxygens (including phenoxy) is 1. The van der Waals surface area contributed by atoms with Crippen molar-refractivity contribution in [3.8, 4) is 5.69 Å². The fraction of sp³-hybridized carbons (Fsp3) is 0.391. The van der Waals surface area contributed by atoms with Crippen LogP contribution in [0.5, 0.6) is 0 Å². The largest absolute Gasteiger partial charge is 0.380 e. The summed E-state index contributed by atoms with van der Waals surface area (Å²) in [5.41, 5.74) is 3.40.